The third-order valence-corrected chi connectivity index (χ3v) is 2.99. The predicted octanol–water partition coefficient (Wildman–Crippen LogP) is 1.77. The van der Waals surface area contributed by atoms with Gasteiger partial charge in [-0.1, -0.05) is 25.1 Å². The van der Waals surface area contributed by atoms with Crippen LogP contribution in [0.2, 0.25) is 0 Å². The van der Waals surface area contributed by atoms with Crippen LogP contribution >= 0.6 is 0 Å². The summed E-state index contributed by atoms with van der Waals surface area (Å²) in [6, 6.07) is 9.31. The predicted molar refractivity (Wildman–Crippen MR) is 75.0 cm³/mol. The molecule has 0 saturated carbocycles. The molecule has 1 atom stereocenters. The molecule has 5 heteroatoms. The van der Waals surface area contributed by atoms with E-state index in [2.05, 4.69) is 10.3 Å². The number of rotatable bonds is 6. The lowest BCUT2D eigenvalue weighted by Gasteiger charge is -2.12. The number of nitrogens with one attached hydrogen (secondary N) is 1. The van der Waals surface area contributed by atoms with Crippen molar-refractivity contribution in [2.75, 3.05) is 6.61 Å². The van der Waals surface area contributed by atoms with Gasteiger partial charge in [0, 0.05) is 5.56 Å². The van der Waals surface area contributed by atoms with Crippen molar-refractivity contribution in [1.82, 2.24) is 10.3 Å². The Kier molecular flexibility index (Phi) is 4.90. The number of hydrogen-bond acceptors (Lipinski definition) is 4. The number of aromatic nitrogens is 1. The monoisotopic (exact) mass is 274 g/mol. The Bertz CT molecular complexity index is 547. The van der Waals surface area contributed by atoms with Crippen molar-refractivity contribution >= 4 is 5.91 Å². The highest BCUT2D eigenvalue weighted by Gasteiger charge is 2.13. The maximum absolute atomic E-state index is 11.8. The number of aliphatic hydroxyl groups excluding tert-OH is 1. The van der Waals surface area contributed by atoms with Crippen molar-refractivity contribution in [2.45, 2.75) is 25.8 Å². The summed E-state index contributed by atoms with van der Waals surface area (Å²) < 4.78 is 5.37. The lowest BCUT2D eigenvalue weighted by Crippen LogP contribution is -2.37. The van der Waals surface area contributed by atoms with Crippen LogP contribution in [0, 0.1) is 0 Å². The van der Waals surface area contributed by atoms with E-state index in [4.69, 9.17) is 9.52 Å². The zero-order valence-electron chi connectivity index (χ0n) is 11.4. The van der Waals surface area contributed by atoms with Crippen molar-refractivity contribution < 1.29 is 14.3 Å². The van der Waals surface area contributed by atoms with Crippen molar-refractivity contribution in [3.05, 3.63) is 42.3 Å². The summed E-state index contributed by atoms with van der Waals surface area (Å²) in [5.74, 6) is 0.335. The van der Waals surface area contributed by atoms with Crippen LogP contribution in [0.3, 0.4) is 0 Å². The minimum absolute atomic E-state index is 0.0592. The Morgan fingerprint density at radius 3 is 2.80 bits per heavy atom. The molecule has 1 aromatic heterocycles. The maximum Gasteiger partial charge on any atom is 0.226 e. The van der Waals surface area contributed by atoms with Crippen LogP contribution < -0.4 is 5.32 Å². The van der Waals surface area contributed by atoms with Crippen LogP contribution in [-0.2, 0) is 11.2 Å². The first-order valence-corrected chi connectivity index (χ1v) is 6.63. The molecule has 1 amide bonds. The SMILES string of the molecule is CCC(CO)NC(=O)Cc1coc(-c2ccccc2)n1. The molecule has 0 saturated heterocycles. The van der Waals surface area contributed by atoms with Crippen LogP contribution in [0.15, 0.2) is 41.0 Å². The van der Waals surface area contributed by atoms with Gasteiger partial charge >= 0.3 is 0 Å². The average molecular weight is 274 g/mol. The van der Waals surface area contributed by atoms with E-state index in [0.29, 0.717) is 18.0 Å². The zero-order valence-corrected chi connectivity index (χ0v) is 11.4. The average Bonchev–Trinajstić information content (AvgIpc) is 2.94. The first kappa shape index (κ1) is 14.3. The van der Waals surface area contributed by atoms with Gasteiger partial charge in [-0.3, -0.25) is 4.79 Å². The first-order valence-electron chi connectivity index (χ1n) is 6.63. The molecule has 0 aliphatic rings. The zero-order chi connectivity index (χ0) is 14.4. The van der Waals surface area contributed by atoms with E-state index in [9.17, 15) is 4.79 Å². The van der Waals surface area contributed by atoms with Crippen molar-refractivity contribution in [3.8, 4) is 11.5 Å². The molecule has 0 fully saturated rings. The molecule has 1 aromatic carbocycles. The van der Waals surface area contributed by atoms with Gasteiger partial charge in [0.15, 0.2) is 0 Å². The van der Waals surface area contributed by atoms with Crippen LogP contribution in [-0.4, -0.2) is 28.6 Å². The van der Waals surface area contributed by atoms with Crippen LogP contribution in [0.25, 0.3) is 11.5 Å². The van der Waals surface area contributed by atoms with E-state index in [1.807, 2.05) is 37.3 Å². The highest BCUT2D eigenvalue weighted by Crippen LogP contribution is 2.18. The summed E-state index contributed by atoms with van der Waals surface area (Å²) in [7, 11) is 0. The van der Waals surface area contributed by atoms with E-state index >= 15 is 0 Å². The highest BCUT2D eigenvalue weighted by atomic mass is 16.3. The molecule has 0 bridgehead atoms. The fourth-order valence-electron chi connectivity index (χ4n) is 1.82. The van der Waals surface area contributed by atoms with Gasteiger partial charge in [0.05, 0.1) is 24.8 Å². The van der Waals surface area contributed by atoms with Crippen LogP contribution in [0.5, 0.6) is 0 Å². The minimum atomic E-state index is -0.206. The molecule has 0 radical (unpaired) electrons. The number of aliphatic hydroxyl groups is 1. The number of amides is 1. The molecule has 2 N–H and O–H groups in total. The standard InChI is InChI=1S/C15H18N2O3/c1-2-12(9-18)16-14(19)8-13-10-20-15(17-13)11-6-4-3-5-7-11/h3-7,10,12,18H,2,8-9H2,1H3,(H,16,19). The Balaban J connectivity index is 1.98. The molecule has 1 unspecified atom stereocenters. The van der Waals surface area contributed by atoms with Crippen LogP contribution in [0.4, 0.5) is 0 Å². The number of nitrogens with zero attached hydrogens (tertiary/aromatic N) is 1. The number of benzene rings is 1. The second-order valence-electron chi connectivity index (χ2n) is 4.54. The fourth-order valence-corrected chi connectivity index (χ4v) is 1.82. The summed E-state index contributed by atoms with van der Waals surface area (Å²) in [4.78, 5) is 16.1. The van der Waals surface area contributed by atoms with Gasteiger partial charge in [0.25, 0.3) is 0 Å². The number of carbonyl (C=O) groups is 1. The molecule has 1 heterocycles. The Hall–Kier alpha value is -2.14. The van der Waals surface area contributed by atoms with Gasteiger partial charge < -0.3 is 14.8 Å². The van der Waals surface area contributed by atoms with E-state index in [1.165, 1.54) is 6.26 Å². The third-order valence-electron chi connectivity index (χ3n) is 2.99. The Labute approximate surface area is 117 Å². The molecular formula is C15H18N2O3. The Morgan fingerprint density at radius 1 is 1.40 bits per heavy atom. The molecule has 0 aliphatic carbocycles. The van der Waals surface area contributed by atoms with Gasteiger partial charge in [0.2, 0.25) is 11.8 Å². The lowest BCUT2D eigenvalue weighted by atomic mass is 10.2. The Morgan fingerprint density at radius 2 is 2.15 bits per heavy atom. The minimum Gasteiger partial charge on any atom is -0.444 e. The molecule has 106 valence electrons. The van der Waals surface area contributed by atoms with Gasteiger partial charge in [-0.25, -0.2) is 4.98 Å². The first-order chi connectivity index (χ1) is 9.72. The molecule has 2 rings (SSSR count). The lowest BCUT2D eigenvalue weighted by molar-refractivity contribution is -0.121. The van der Waals surface area contributed by atoms with Crippen molar-refractivity contribution in [3.63, 3.8) is 0 Å². The van der Waals surface area contributed by atoms with E-state index in [1.54, 1.807) is 0 Å². The summed E-state index contributed by atoms with van der Waals surface area (Å²) in [5, 5.41) is 11.8. The molecule has 0 spiro atoms. The second-order valence-corrected chi connectivity index (χ2v) is 4.54. The molecule has 0 aliphatic heterocycles. The molecular weight excluding hydrogens is 256 g/mol. The van der Waals surface area contributed by atoms with E-state index < -0.39 is 0 Å². The topological polar surface area (TPSA) is 75.4 Å². The largest absolute Gasteiger partial charge is 0.444 e. The van der Waals surface area contributed by atoms with Gasteiger partial charge in [-0.2, -0.15) is 0 Å². The molecule has 20 heavy (non-hydrogen) atoms. The van der Waals surface area contributed by atoms with Crippen molar-refractivity contribution in [2.24, 2.45) is 0 Å². The van der Waals surface area contributed by atoms with Gasteiger partial charge in [0.1, 0.15) is 6.26 Å². The van der Waals surface area contributed by atoms with Gasteiger partial charge in [-0.05, 0) is 18.6 Å². The maximum atomic E-state index is 11.8. The summed E-state index contributed by atoms with van der Waals surface area (Å²) in [6.07, 6.45) is 2.32. The highest BCUT2D eigenvalue weighted by molar-refractivity contribution is 5.78. The van der Waals surface area contributed by atoms with E-state index in [-0.39, 0.29) is 25.0 Å². The summed E-state index contributed by atoms with van der Waals surface area (Å²) >= 11 is 0. The summed E-state index contributed by atoms with van der Waals surface area (Å²) in [6.45, 7) is 1.85. The normalized spacial score (nSPS) is 12.1. The fraction of sp³-hybridized carbons (Fsp3) is 0.333. The number of oxazole rings is 1. The number of hydrogen-bond donors (Lipinski definition) is 2. The van der Waals surface area contributed by atoms with Crippen molar-refractivity contribution in [1.29, 1.82) is 0 Å². The molecule has 5 nitrogen and oxygen atoms in total. The van der Waals surface area contributed by atoms with Gasteiger partial charge in [-0.15, -0.1) is 0 Å². The smallest absolute Gasteiger partial charge is 0.226 e. The van der Waals surface area contributed by atoms with Crippen LogP contribution in [0.1, 0.15) is 19.0 Å². The second kappa shape index (κ2) is 6.86. The molecule has 2 aromatic rings. The number of carbonyl (C=O) groups excluding carboxylic acids is 1. The van der Waals surface area contributed by atoms with E-state index in [0.717, 1.165) is 5.56 Å². The quantitative estimate of drug-likeness (QED) is 0.841. The summed E-state index contributed by atoms with van der Waals surface area (Å²) in [5.41, 5.74) is 1.45. The third kappa shape index (κ3) is 3.68.